The van der Waals surface area contributed by atoms with Crippen molar-refractivity contribution in [2.45, 2.75) is 12.5 Å². The fourth-order valence-corrected chi connectivity index (χ4v) is 1.34. The van der Waals surface area contributed by atoms with E-state index in [4.69, 9.17) is 0 Å². The van der Waals surface area contributed by atoms with Crippen molar-refractivity contribution in [1.29, 1.82) is 0 Å². The standard InChI is InChI=1S/C9H7F2NO/c10-6-3-1-2-5(9(6)11)7-4-8(13)12-7/h1-3,7H,4H2,(H,12,13). The van der Waals surface area contributed by atoms with Gasteiger partial charge in [-0.15, -0.1) is 0 Å². The Morgan fingerprint density at radius 1 is 1.38 bits per heavy atom. The van der Waals surface area contributed by atoms with Crippen molar-refractivity contribution in [3.05, 3.63) is 35.4 Å². The summed E-state index contributed by atoms with van der Waals surface area (Å²) in [6.07, 6.45) is 0.236. The summed E-state index contributed by atoms with van der Waals surface area (Å²) in [7, 11) is 0. The molecule has 1 aliphatic heterocycles. The van der Waals surface area contributed by atoms with Crippen LogP contribution in [-0.2, 0) is 4.79 Å². The molecule has 1 N–H and O–H groups in total. The molecule has 0 aromatic heterocycles. The van der Waals surface area contributed by atoms with Crippen LogP contribution in [-0.4, -0.2) is 5.91 Å². The Morgan fingerprint density at radius 3 is 2.69 bits per heavy atom. The predicted molar refractivity (Wildman–Crippen MR) is 41.9 cm³/mol. The van der Waals surface area contributed by atoms with Gasteiger partial charge < -0.3 is 5.32 Å². The van der Waals surface area contributed by atoms with Crippen LogP contribution in [0.25, 0.3) is 0 Å². The molecule has 1 fully saturated rings. The van der Waals surface area contributed by atoms with Crippen molar-refractivity contribution in [2.24, 2.45) is 0 Å². The highest BCUT2D eigenvalue weighted by Gasteiger charge is 2.29. The first-order valence-electron chi connectivity index (χ1n) is 3.92. The molecule has 68 valence electrons. The molecule has 2 rings (SSSR count). The van der Waals surface area contributed by atoms with Gasteiger partial charge in [-0.1, -0.05) is 12.1 Å². The molecule has 1 unspecified atom stereocenters. The molecule has 1 aromatic carbocycles. The Bertz CT molecular complexity index is 357. The average molecular weight is 183 g/mol. The van der Waals surface area contributed by atoms with E-state index in [1.54, 1.807) is 0 Å². The van der Waals surface area contributed by atoms with E-state index in [2.05, 4.69) is 5.32 Å². The van der Waals surface area contributed by atoms with Crippen LogP contribution >= 0.6 is 0 Å². The lowest BCUT2D eigenvalue weighted by Crippen LogP contribution is -2.41. The lowest BCUT2D eigenvalue weighted by molar-refractivity contribution is -0.128. The Kier molecular flexibility index (Phi) is 1.76. The number of amides is 1. The fourth-order valence-electron chi connectivity index (χ4n) is 1.34. The molecule has 1 heterocycles. The predicted octanol–water partition coefficient (Wildman–Crippen LogP) is 1.53. The summed E-state index contributed by atoms with van der Waals surface area (Å²) in [5.74, 6) is -1.88. The molecular weight excluding hydrogens is 176 g/mol. The Morgan fingerprint density at radius 2 is 2.08 bits per heavy atom. The highest BCUT2D eigenvalue weighted by Crippen LogP contribution is 2.26. The largest absolute Gasteiger partial charge is 0.349 e. The lowest BCUT2D eigenvalue weighted by atomic mass is 9.97. The van der Waals surface area contributed by atoms with Crippen LogP contribution in [0.1, 0.15) is 18.0 Å². The highest BCUT2D eigenvalue weighted by atomic mass is 19.2. The summed E-state index contributed by atoms with van der Waals surface area (Å²) in [4.78, 5) is 10.6. The normalized spacial score (nSPS) is 20.8. The van der Waals surface area contributed by atoms with Crippen molar-refractivity contribution in [3.8, 4) is 0 Å². The second-order valence-corrected chi connectivity index (χ2v) is 2.97. The number of benzene rings is 1. The Hall–Kier alpha value is -1.45. The highest BCUT2D eigenvalue weighted by molar-refractivity contribution is 5.83. The van der Waals surface area contributed by atoms with Crippen molar-refractivity contribution >= 4 is 5.91 Å². The first kappa shape index (κ1) is 8.16. The van der Waals surface area contributed by atoms with Crippen molar-refractivity contribution < 1.29 is 13.6 Å². The second-order valence-electron chi connectivity index (χ2n) is 2.97. The number of carbonyl (C=O) groups excluding carboxylic acids is 1. The van der Waals surface area contributed by atoms with Gasteiger partial charge in [-0.2, -0.15) is 0 Å². The zero-order valence-electron chi connectivity index (χ0n) is 6.68. The van der Waals surface area contributed by atoms with Gasteiger partial charge in [0.2, 0.25) is 5.91 Å². The first-order valence-corrected chi connectivity index (χ1v) is 3.92. The number of carbonyl (C=O) groups is 1. The topological polar surface area (TPSA) is 29.1 Å². The van der Waals surface area contributed by atoms with Crippen LogP contribution < -0.4 is 5.32 Å². The van der Waals surface area contributed by atoms with Crippen LogP contribution in [0.3, 0.4) is 0 Å². The maximum Gasteiger partial charge on any atom is 0.222 e. The molecule has 1 aliphatic rings. The third-order valence-corrected chi connectivity index (χ3v) is 2.08. The van der Waals surface area contributed by atoms with Crippen molar-refractivity contribution in [2.75, 3.05) is 0 Å². The first-order chi connectivity index (χ1) is 6.18. The zero-order chi connectivity index (χ0) is 9.42. The minimum Gasteiger partial charge on any atom is -0.349 e. The van der Waals surface area contributed by atoms with Gasteiger partial charge in [0, 0.05) is 5.56 Å². The number of nitrogens with one attached hydrogen (secondary N) is 1. The second kappa shape index (κ2) is 2.80. The molecule has 13 heavy (non-hydrogen) atoms. The van der Waals surface area contributed by atoms with E-state index in [-0.39, 0.29) is 23.9 Å². The van der Waals surface area contributed by atoms with E-state index in [0.717, 1.165) is 6.07 Å². The SMILES string of the molecule is O=C1CC(c2cccc(F)c2F)N1. The molecular formula is C9H7F2NO. The van der Waals surface area contributed by atoms with Crippen LogP contribution in [0.5, 0.6) is 0 Å². The Labute approximate surface area is 73.6 Å². The molecule has 1 aromatic rings. The van der Waals surface area contributed by atoms with E-state index in [9.17, 15) is 13.6 Å². The van der Waals surface area contributed by atoms with Gasteiger partial charge >= 0.3 is 0 Å². The molecule has 0 bridgehead atoms. The van der Waals surface area contributed by atoms with Crippen LogP contribution in [0.4, 0.5) is 8.78 Å². The maximum absolute atomic E-state index is 13.1. The average Bonchev–Trinajstić information content (AvgIpc) is 2.05. The number of rotatable bonds is 1. The van der Waals surface area contributed by atoms with Gasteiger partial charge in [0.1, 0.15) is 0 Å². The molecule has 0 saturated carbocycles. The van der Waals surface area contributed by atoms with Gasteiger partial charge in [-0.05, 0) is 6.07 Å². The summed E-state index contributed by atoms with van der Waals surface area (Å²) < 4.78 is 25.8. The van der Waals surface area contributed by atoms with Crippen LogP contribution in [0.2, 0.25) is 0 Å². The quantitative estimate of drug-likeness (QED) is 0.657. The van der Waals surface area contributed by atoms with Gasteiger partial charge in [0.15, 0.2) is 11.6 Å². The van der Waals surface area contributed by atoms with Crippen LogP contribution in [0, 0.1) is 11.6 Å². The van der Waals surface area contributed by atoms with E-state index < -0.39 is 11.6 Å². The summed E-state index contributed by atoms with van der Waals surface area (Å²) in [5, 5.41) is 2.48. The molecule has 1 amide bonds. The van der Waals surface area contributed by atoms with E-state index in [0.29, 0.717) is 0 Å². The molecule has 4 heteroatoms. The summed E-state index contributed by atoms with van der Waals surface area (Å²) in [6.45, 7) is 0. The summed E-state index contributed by atoms with van der Waals surface area (Å²) in [6, 6.07) is 3.60. The van der Waals surface area contributed by atoms with Gasteiger partial charge in [0.05, 0.1) is 12.5 Å². The third kappa shape index (κ3) is 1.28. The number of halogens is 2. The smallest absolute Gasteiger partial charge is 0.222 e. The fraction of sp³-hybridized carbons (Fsp3) is 0.222. The van der Waals surface area contributed by atoms with Crippen molar-refractivity contribution in [3.63, 3.8) is 0 Å². The zero-order valence-corrected chi connectivity index (χ0v) is 6.68. The van der Waals surface area contributed by atoms with Crippen molar-refractivity contribution in [1.82, 2.24) is 5.32 Å². The lowest BCUT2D eigenvalue weighted by Gasteiger charge is -2.27. The van der Waals surface area contributed by atoms with Gasteiger partial charge in [-0.25, -0.2) is 8.78 Å². The number of β-lactam (4-membered cyclic amide) rings is 1. The van der Waals surface area contributed by atoms with Gasteiger partial charge in [0.25, 0.3) is 0 Å². The summed E-state index contributed by atoms with van der Waals surface area (Å²) in [5.41, 5.74) is 0.222. The van der Waals surface area contributed by atoms with E-state index >= 15 is 0 Å². The third-order valence-electron chi connectivity index (χ3n) is 2.08. The molecule has 0 aliphatic carbocycles. The van der Waals surface area contributed by atoms with E-state index in [1.807, 2.05) is 0 Å². The number of hydrogen-bond acceptors (Lipinski definition) is 1. The number of hydrogen-bond donors (Lipinski definition) is 1. The molecule has 1 saturated heterocycles. The molecule has 2 nitrogen and oxygen atoms in total. The molecule has 0 spiro atoms. The monoisotopic (exact) mass is 183 g/mol. The van der Waals surface area contributed by atoms with E-state index in [1.165, 1.54) is 12.1 Å². The van der Waals surface area contributed by atoms with Crippen LogP contribution in [0.15, 0.2) is 18.2 Å². The van der Waals surface area contributed by atoms with Gasteiger partial charge in [-0.3, -0.25) is 4.79 Å². The molecule has 1 atom stereocenters. The minimum absolute atomic E-state index is 0.131. The maximum atomic E-state index is 13.1. The summed E-state index contributed by atoms with van der Waals surface area (Å²) >= 11 is 0. The molecule has 0 radical (unpaired) electrons. The minimum atomic E-state index is -0.876. The Balaban J connectivity index is 2.30.